The monoisotopic (exact) mass is 411 g/mol. The van der Waals surface area contributed by atoms with Crippen molar-refractivity contribution in [1.82, 2.24) is 24.9 Å². The van der Waals surface area contributed by atoms with E-state index < -0.39 is 0 Å². The van der Waals surface area contributed by atoms with Crippen LogP contribution in [0.2, 0.25) is 0 Å². The van der Waals surface area contributed by atoms with Gasteiger partial charge in [-0.05, 0) is 42.7 Å². The number of hydrogen-bond acceptors (Lipinski definition) is 5. The van der Waals surface area contributed by atoms with Gasteiger partial charge in [0.2, 0.25) is 0 Å². The third-order valence-electron chi connectivity index (χ3n) is 5.19. The first-order valence-corrected chi connectivity index (χ1v) is 11.0. The lowest BCUT2D eigenvalue weighted by Crippen LogP contribution is -1.97. The first kappa shape index (κ1) is 18.8. The highest BCUT2D eigenvalue weighted by Crippen LogP contribution is 2.29. The van der Waals surface area contributed by atoms with Crippen LogP contribution in [0.15, 0.2) is 72.3 Å². The van der Waals surface area contributed by atoms with E-state index in [1.807, 2.05) is 6.07 Å². The van der Waals surface area contributed by atoms with E-state index in [-0.39, 0.29) is 0 Å². The Hall–Kier alpha value is -3.25. The van der Waals surface area contributed by atoms with Gasteiger partial charge in [-0.15, -0.1) is 11.8 Å². The van der Waals surface area contributed by atoms with E-state index >= 15 is 0 Å². The van der Waals surface area contributed by atoms with E-state index in [1.54, 1.807) is 24.4 Å². The average Bonchev–Trinajstić information content (AvgIpc) is 3.27. The zero-order chi connectivity index (χ0) is 20.3. The molecule has 0 atom stereocenters. The number of aryl methyl sites for hydroxylation is 2. The minimum absolute atomic E-state index is 0.716. The van der Waals surface area contributed by atoms with Gasteiger partial charge < -0.3 is 4.98 Å². The number of thioether (sulfide) groups is 1. The van der Waals surface area contributed by atoms with Crippen LogP contribution in [0.4, 0.5) is 0 Å². The number of nitrogens with one attached hydrogen (secondary N) is 1. The molecule has 1 N–H and O–H groups in total. The van der Waals surface area contributed by atoms with Crippen LogP contribution in [0, 0.1) is 6.92 Å². The van der Waals surface area contributed by atoms with Crippen molar-refractivity contribution in [2.24, 2.45) is 0 Å². The Morgan fingerprint density at radius 1 is 0.967 bits per heavy atom. The van der Waals surface area contributed by atoms with Crippen LogP contribution >= 0.6 is 11.8 Å². The molecule has 0 saturated heterocycles. The predicted molar refractivity (Wildman–Crippen MR) is 123 cm³/mol. The summed E-state index contributed by atoms with van der Waals surface area (Å²) in [6, 6.07) is 19.2. The van der Waals surface area contributed by atoms with Crippen molar-refractivity contribution in [1.29, 1.82) is 0 Å². The molecule has 6 heteroatoms. The van der Waals surface area contributed by atoms with Crippen LogP contribution in [-0.2, 0) is 6.42 Å². The zero-order valence-corrected chi connectivity index (χ0v) is 17.5. The number of hydrogen-bond donors (Lipinski definition) is 1. The Bertz CT molecular complexity index is 1310. The van der Waals surface area contributed by atoms with E-state index in [4.69, 9.17) is 4.98 Å². The molecule has 3 heterocycles. The Morgan fingerprint density at radius 2 is 1.87 bits per heavy atom. The molecule has 0 unspecified atom stereocenters. The van der Waals surface area contributed by atoms with Crippen LogP contribution in [0.25, 0.3) is 33.3 Å². The second kappa shape index (κ2) is 8.24. The smallest absolute Gasteiger partial charge is 0.181 e. The molecular formula is C24H21N5S. The molecule has 0 bridgehead atoms. The maximum Gasteiger partial charge on any atom is 0.181 e. The molecule has 2 aromatic carbocycles. The second-order valence-electron chi connectivity index (χ2n) is 7.24. The van der Waals surface area contributed by atoms with Gasteiger partial charge in [0.05, 0.1) is 17.5 Å². The molecule has 5 nitrogen and oxygen atoms in total. The highest BCUT2D eigenvalue weighted by molar-refractivity contribution is 7.99. The third kappa shape index (κ3) is 3.66. The third-order valence-corrected chi connectivity index (χ3v) is 6.27. The maximum absolute atomic E-state index is 5.08. The van der Waals surface area contributed by atoms with E-state index in [9.17, 15) is 0 Å². The average molecular weight is 412 g/mol. The van der Waals surface area contributed by atoms with E-state index in [2.05, 4.69) is 75.4 Å². The van der Waals surface area contributed by atoms with Gasteiger partial charge in [0.15, 0.2) is 5.65 Å². The molecule has 0 radical (unpaired) electrons. The molecule has 0 aliphatic carbocycles. The molecule has 3 aromatic heterocycles. The number of para-hydroxylation sites is 1. The number of imidazole rings is 1. The molecule has 0 aliphatic heterocycles. The van der Waals surface area contributed by atoms with Crippen molar-refractivity contribution >= 4 is 33.8 Å². The Balaban J connectivity index is 1.40. The van der Waals surface area contributed by atoms with Crippen molar-refractivity contribution in [3.63, 3.8) is 0 Å². The van der Waals surface area contributed by atoms with Gasteiger partial charge in [-0.1, -0.05) is 48.5 Å². The largest absolute Gasteiger partial charge is 0.341 e. The molecule has 0 fully saturated rings. The van der Waals surface area contributed by atoms with Gasteiger partial charge in [0.25, 0.3) is 0 Å². The van der Waals surface area contributed by atoms with Crippen LogP contribution < -0.4 is 0 Å². The van der Waals surface area contributed by atoms with Crippen molar-refractivity contribution in [3.05, 3.63) is 78.4 Å². The highest BCUT2D eigenvalue weighted by Gasteiger charge is 2.11. The lowest BCUT2D eigenvalue weighted by atomic mass is 9.99. The molecule has 0 saturated carbocycles. The molecule has 0 spiro atoms. The molecule has 30 heavy (non-hydrogen) atoms. The van der Waals surface area contributed by atoms with Crippen molar-refractivity contribution in [3.8, 4) is 11.3 Å². The van der Waals surface area contributed by atoms with E-state index in [0.717, 1.165) is 40.3 Å². The first-order chi connectivity index (χ1) is 14.8. The summed E-state index contributed by atoms with van der Waals surface area (Å²) in [5.74, 6) is 0.964. The molecule has 0 aliphatic rings. The fourth-order valence-electron chi connectivity index (χ4n) is 3.71. The Morgan fingerprint density at radius 3 is 2.77 bits per heavy atom. The topological polar surface area (TPSA) is 67.3 Å². The summed E-state index contributed by atoms with van der Waals surface area (Å²) in [6.45, 7) is 2.12. The highest BCUT2D eigenvalue weighted by atomic mass is 32.2. The quantitative estimate of drug-likeness (QED) is 0.224. The molecule has 5 rings (SSSR count). The summed E-state index contributed by atoms with van der Waals surface area (Å²) in [5, 5.41) is 2.15. The summed E-state index contributed by atoms with van der Waals surface area (Å²) < 4.78 is 0. The fraction of sp³-hybridized carbons (Fsp3) is 0.167. The number of aromatic nitrogens is 5. The van der Waals surface area contributed by atoms with Gasteiger partial charge in [-0.25, -0.2) is 19.9 Å². The number of H-pyrrole nitrogens is 1. The summed E-state index contributed by atoms with van der Waals surface area (Å²) in [6.07, 6.45) is 5.24. The van der Waals surface area contributed by atoms with Crippen LogP contribution in [-0.4, -0.2) is 30.7 Å². The molecular weight excluding hydrogens is 390 g/mol. The maximum atomic E-state index is 5.08. The predicted octanol–water partition coefficient (Wildman–Crippen LogP) is 5.60. The normalized spacial score (nSPS) is 11.4. The number of aromatic amines is 1. The Labute approximate surface area is 179 Å². The minimum atomic E-state index is 0.716. The number of fused-ring (bicyclic) bond motifs is 2. The van der Waals surface area contributed by atoms with Crippen molar-refractivity contribution < 1.29 is 0 Å². The summed E-state index contributed by atoms with van der Waals surface area (Å²) in [5.41, 5.74) is 7.45. The minimum Gasteiger partial charge on any atom is -0.341 e. The van der Waals surface area contributed by atoms with Gasteiger partial charge in [-0.3, -0.25) is 0 Å². The second-order valence-corrected chi connectivity index (χ2v) is 8.32. The first-order valence-electron chi connectivity index (χ1n) is 10.0. The molecule has 5 aromatic rings. The SMILES string of the molecule is Cc1cccc2cc(CCCSc3ncnc4nc[nH]c34)c(-c3ccccc3)nc12. The van der Waals surface area contributed by atoms with E-state index in [1.165, 1.54) is 22.1 Å². The standard InChI is InChI=1S/C24H21N5S/c1-16-7-5-10-18-13-19(21(29-20(16)18)17-8-3-2-4-9-17)11-6-12-30-24-22-23(26-14-25-22)27-15-28-24/h2-5,7-10,13-15H,6,11-12H2,1H3,(H,25,26,27,28). The van der Waals surface area contributed by atoms with Gasteiger partial charge in [0.1, 0.15) is 16.9 Å². The number of nitrogens with zero attached hydrogens (tertiary/aromatic N) is 4. The lowest BCUT2D eigenvalue weighted by Gasteiger charge is -2.12. The van der Waals surface area contributed by atoms with Crippen molar-refractivity contribution in [2.75, 3.05) is 5.75 Å². The molecule has 148 valence electrons. The van der Waals surface area contributed by atoms with Crippen LogP contribution in [0.3, 0.4) is 0 Å². The number of rotatable bonds is 6. The van der Waals surface area contributed by atoms with Gasteiger partial charge in [-0.2, -0.15) is 0 Å². The van der Waals surface area contributed by atoms with Gasteiger partial charge in [0, 0.05) is 10.9 Å². The summed E-state index contributed by atoms with van der Waals surface area (Å²) in [4.78, 5) is 21.0. The van der Waals surface area contributed by atoms with Gasteiger partial charge >= 0.3 is 0 Å². The van der Waals surface area contributed by atoms with Crippen molar-refractivity contribution in [2.45, 2.75) is 24.8 Å². The zero-order valence-electron chi connectivity index (χ0n) is 16.7. The summed E-state index contributed by atoms with van der Waals surface area (Å²) in [7, 11) is 0. The van der Waals surface area contributed by atoms with E-state index in [0.29, 0.717) is 5.65 Å². The lowest BCUT2D eigenvalue weighted by molar-refractivity contribution is 0.928. The Kier molecular flexibility index (Phi) is 5.15. The van der Waals surface area contributed by atoms with Crippen LogP contribution in [0.1, 0.15) is 17.5 Å². The fourth-order valence-corrected chi connectivity index (χ4v) is 4.61. The number of pyridine rings is 1. The summed E-state index contributed by atoms with van der Waals surface area (Å²) >= 11 is 1.74. The number of benzene rings is 2. The van der Waals surface area contributed by atoms with Crippen LogP contribution in [0.5, 0.6) is 0 Å². The molecule has 0 amide bonds.